The third kappa shape index (κ3) is 5.23. The number of rotatable bonds is 9. The Balaban J connectivity index is 1.07. The zero-order valence-electron chi connectivity index (χ0n) is 25.2. The molecule has 2 amide bonds. The molecule has 4 aromatic carbocycles. The Kier molecular flexibility index (Phi) is 8.60. The molecule has 2 aliphatic heterocycles. The topological polar surface area (TPSA) is 93.2 Å². The SMILES string of the molecule is CN1C(=O)C(Br)(c2ccccc2)C(=O)c2cc(OCCCCOc3ccc4c(c3)C(=O)C(Br)(c3ccccc3)C(=O)N4C)ccc21. The van der Waals surface area contributed by atoms with E-state index >= 15 is 0 Å². The van der Waals surface area contributed by atoms with Gasteiger partial charge in [-0.3, -0.25) is 19.2 Å². The van der Waals surface area contributed by atoms with Crippen molar-refractivity contribution in [2.75, 3.05) is 37.1 Å². The van der Waals surface area contributed by atoms with Gasteiger partial charge in [-0.1, -0.05) is 92.5 Å². The molecular formula is C36H30Br2N2O6. The van der Waals surface area contributed by atoms with Gasteiger partial charge < -0.3 is 19.3 Å². The highest BCUT2D eigenvalue weighted by molar-refractivity contribution is 9.10. The smallest absolute Gasteiger partial charge is 0.256 e. The first-order chi connectivity index (χ1) is 22.1. The number of anilines is 2. The summed E-state index contributed by atoms with van der Waals surface area (Å²) < 4.78 is 8.93. The van der Waals surface area contributed by atoms with Crippen molar-refractivity contribution in [3.63, 3.8) is 0 Å². The molecule has 0 aliphatic carbocycles. The number of hydrogen-bond acceptors (Lipinski definition) is 6. The number of amides is 2. The van der Waals surface area contributed by atoms with Crippen LogP contribution in [0.15, 0.2) is 97.1 Å². The first kappa shape index (κ1) is 31.7. The highest BCUT2D eigenvalue weighted by Crippen LogP contribution is 2.46. The molecule has 0 saturated carbocycles. The number of Topliss-reactive ketones (excluding diaryl/α,β-unsaturated/α-hetero) is 2. The molecule has 0 N–H and O–H groups in total. The summed E-state index contributed by atoms with van der Waals surface area (Å²) in [4.78, 5) is 56.8. The third-order valence-electron chi connectivity index (χ3n) is 8.39. The van der Waals surface area contributed by atoms with Crippen LogP contribution < -0.4 is 19.3 Å². The van der Waals surface area contributed by atoms with E-state index in [4.69, 9.17) is 9.47 Å². The minimum atomic E-state index is -1.50. The van der Waals surface area contributed by atoms with Crippen molar-refractivity contribution in [3.05, 3.63) is 119 Å². The van der Waals surface area contributed by atoms with Crippen molar-refractivity contribution in [2.45, 2.75) is 21.5 Å². The molecule has 2 heterocycles. The van der Waals surface area contributed by atoms with Crippen LogP contribution in [0, 0.1) is 0 Å². The number of nitrogens with zero attached hydrogens (tertiary/aromatic N) is 2. The van der Waals surface area contributed by atoms with Crippen LogP contribution in [0.3, 0.4) is 0 Å². The van der Waals surface area contributed by atoms with Gasteiger partial charge in [0.05, 0.1) is 24.6 Å². The molecule has 2 unspecified atom stereocenters. The maximum absolute atomic E-state index is 13.6. The van der Waals surface area contributed by atoms with Gasteiger partial charge in [0.1, 0.15) is 11.5 Å². The number of carbonyl (C=O) groups excluding carboxylic acids is 4. The average molecular weight is 746 g/mol. The molecule has 8 nitrogen and oxygen atoms in total. The second kappa shape index (κ2) is 12.5. The fraction of sp³-hybridized carbons (Fsp3) is 0.222. The quantitative estimate of drug-likeness (QED) is 0.106. The van der Waals surface area contributed by atoms with Gasteiger partial charge in [-0.25, -0.2) is 0 Å². The number of halogens is 2. The highest BCUT2D eigenvalue weighted by atomic mass is 79.9. The first-order valence-corrected chi connectivity index (χ1v) is 16.4. The van der Waals surface area contributed by atoms with Crippen LogP contribution in [-0.2, 0) is 18.2 Å². The van der Waals surface area contributed by atoms with Gasteiger partial charge in [-0.2, -0.15) is 0 Å². The third-order valence-corrected chi connectivity index (χ3v) is 10.7. The Hall–Kier alpha value is -4.28. The average Bonchev–Trinajstić information content (AvgIpc) is 3.10. The van der Waals surface area contributed by atoms with Gasteiger partial charge in [-0.15, -0.1) is 0 Å². The van der Waals surface area contributed by atoms with Crippen LogP contribution in [0.2, 0.25) is 0 Å². The molecule has 0 bridgehead atoms. The summed E-state index contributed by atoms with van der Waals surface area (Å²) in [6.07, 6.45) is 1.35. The molecular weight excluding hydrogens is 716 g/mol. The monoisotopic (exact) mass is 744 g/mol. The van der Waals surface area contributed by atoms with E-state index in [0.29, 0.717) is 71.2 Å². The van der Waals surface area contributed by atoms with Crippen LogP contribution >= 0.6 is 31.9 Å². The van der Waals surface area contributed by atoms with Gasteiger partial charge in [-0.05, 0) is 60.4 Å². The fourth-order valence-electron chi connectivity index (χ4n) is 5.83. The van der Waals surface area contributed by atoms with E-state index in [0.717, 1.165) is 0 Å². The summed E-state index contributed by atoms with van der Waals surface area (Å²) in [5.74, 6) is -0.316. The Bertz CT molecular complexity index is 1720. The van der Waals surface area contributed by atoms with Crippen molar-refractivity contribution in [2.24, 2.45) is 0 Å². The molecule has 0 saturated heterocycles. The normalized spacial score (nSPS) is 20.8. The maximum Gasteiger partial charge on any atom is 0.256 e. The van der Waals surface area contributed by atoms with Gasteiger partial charge in [0.25, 0.3) is 11.8 Å². The van der Waals surface area contributed by atoms with E-state index in [-0.39, 0.29) is 23.4 Å². The van der Waals surface area contributed by atoms with E-state index in [1.54, 1.807) is 99.0 Å². The fourth-order valence-corrected chi connectivity index (χ4v) is 7.32. The number of carbonyl (C=O) groups is 4. The van der Waals surface area contributed by atoms with Crippen molar-refractivity contribution in [3.8, 4) is 11.5 Å². The standard InChI is InChI=1S/C36H30Br2N2O6/c1-39-29-17-15-25(21-27(29)31(41)35(37,33(39)43)23-11-5-3-6-12-23)45-19-9-10-20-46-26-16-18-30-28(22-26)32(42)36(38,34(44)40(30)2)24-13-7-4-8-14-24/h3-8,11-18,21-22H,9-10,19-20H2,1-2H3. The van der Waals surface area contributed by atoms with Crippen LogP contribution in [0.1, 0.15) is 44.7 Å². The van der Waals surface area contributed by atoms with E-state index in [1.807, 2.05) is 12.1 Å². The van der Waals surface area contributed by atoms with Crippen LogP contribution in [0.25, 0.3) is 0 Å². The zero-order valence-corrected chi connectivity index (χ0v) is 28.3. The van der Waals surface area contributed by atoms with E-state index in [1.165, 1.54) is 9.80 Å². The van der Waals surface area contributed by atoms with Crippen molar-refractivity contribution in [1.29, 1.82) is 0 Å². The van der Waals surface area contributed by atoms with Crippen molar-refractivity contribution < 1.29 is 28.7 Å². The summed E-state index contributed by atoms with van der Waals surface area (Å²) in [5.41, 5.74) is 3.00. The molecule has 0 radical (unpaired) electrons. The number of ether oxygens (including phenoxy) is 2. The lowest BCUT2D eigenvalue weighted by atomic mass is 9.85. The molecule has 4 aromatic rings. The zero-order chi connectivity index (χ0) is 32.6. The van der Waals surface area contributed by atoms with E-state index < -0.39 is 8.65 Å². The predicted molar refractivity (Wildman–Crippen MR) is 183 cm³/mol. The number of benzene rings is 4. The number of alkyl halides is 2. The number of fused-ring (bicyclic) bond motifs is 2. The predicted octanol–water partition coefficient (Wildman–Crippen LogP) is 6.82. The summed E-state index contributed by atoms with van der Waals surface area (Å²) in [5, 5.41) is 0. The number of unbranched alkanes of at least 4 members (excludes halogenated alkanes) is 1. The minimum Gasteiger partial charge on any atom is -0.494 e. The van der Waals surface area contributed by atoms with Gasteiger partial charge in [0.15, 0.2) is 20.2 Å². The van der Waals surface area contributed by atoms with Crippen LogP contribution in [-0.4, -0.2) is 50.7 Å². The summed E-state index contributed by atoms with van der Waals surface area (Å²) in [6, 6.07) is 28.2. The van der Waals surface area contributed by atoms with E-state index in [2.05, 4.69) is 31.9 Å². The molecule has 6 rings (SSSR count). The molecule has 0 spiro atoms. The second-order valence-electron chi connectivity index (χ2n) is 11.2. The summed E-state index contributed by atoms with van der Waals surface area (Å²) in [6.45, 7) is 0.782. The van der Waals surface area contributed by atoms with Crippen LogP contribution in [0.5, 0.6) is 11.5 Å². The lowest BCUT2D eigenvalue weighted by molar-refractivity contribution is -0.120. The molecule has 0 aromatic heterocycles. The maximum atomic E-state index is 13.6. The molecule has 10 heteroatoms. The first-order valence-electron chi connectivity index (χ1n) is 14.8. The van der Waals surface area contributed by atoms with Crippen LogP contribution in [0.4, 0.5) is 11.4 Å². The molecule has 234 valence electrons. The second-order valence-corrected chi connectivity index (χ2v) is 13.6. The summed E-state index contributed by atoms with van der Waals surface area (Å²) >= 11 is 6.96. The minimum absolute atomic E-state index is 0.337. The van der Waals surface area contributed by atoms with Gasteiger partial charge >= 0.3 is 0 Å². The molecule has 2 aliphatic rings. The highest BCUT2D eigenvalue weighted by Gasteiger charge is 2.53. The lowest BCUT2D eigenvalue weighted by Gasteiger charge is -2.36. The number of hydrogen-bond donors (Lipinski definition) is 0. The van der Waals surface area contributed by atoms with Crippen molar-refractivity contribution >= 4 is 66.6 Å². The van der Waals surface area contributed by atoms with Gasteiger partial charge in [0.2, 0.25) is 0 Å². The van der Waals surface area contributed by atoms with Gasteiger partial charge in [0, 0.05) is 25.2 Å². The Labute approximate surface area is 283 Å². The Morgan fingerprint density at radius 2 is 0.935 bits per heavy atom. The lowest BCUT2D eigenvalue weighted by Crippen LogP contribution is -2.51. The summed E-state index contributed by atoms with van der Waals surface area (Å²) in [7, 11) is 3.31. The Morgan fingerprint density at radius 3 is 1.30 bits per heavy atom. The molecule has 0 fully saturated rings. The number of ketones is 2. The van der Waals surface area contributed by atoms with E-state index in [9.17, 15) is 19.2 Å². The number of likely N-dealkylation sites (N-methyl/N-ethyl adjacent to an activating group) is 2. The van der Waals surface area contributed by atoms with Crippen molar-refractivity contribution in [1.82, 2.24) is 0 Å². The molecule has 46 heavy (non-hydrogen) atoms. The Morgan fingerprint density at radius 1 is 0.565 bits per heavy atom. The largest absolute Gasteiger partial charge is 0.494 e. The molecule has 2 atom stereocenters.